The third-order valence-corrected chi connectivity index (χ3v) is 4.62. The zero-order valence-electron chi connectivity index (χ0n) is 11.9. The van der Waals surface area contributed by atoms with Crippen LogP contribution in [-0.2, 0) is 11.2 Å². The van der Waals surface area contributed by atoms with Crippen molar-refractivity contribution in [2.45, 2.75) is 51.6 Å². The van der Waals surface area contributed by atoms with E-state index < -0.39 is 0 Å². The molecule has 4 heteroatoms. The summed E-state index contributed by atoms with van der Waals surface area (Å²) in [6, 6.07) is 4.58. The van der Waals surface area contributed by atoms with Gasteiger partial charge in [0.15, 0.2) is 0 Å². The summed E-state index contributed by atoms with van der Waals surface area (Å²) in [6.07, 6.45) is 4.15. The number of rotatable bonds is 6. The lowest BCUT2D eigenvalue weighted by molar-refractivity contribution is -0.138. The first-order chi connectivity index (χ1) is 9.22. The van der Waals surface area contributed by atoms with Crippen LogP contribution in [-0.4, -0.2) is 36.0 Å². The van der Waals surface area contributed by atoms with Gasteiger partial charge in [0.1, 0.15) is 0 Å². The third-order valence-electron chi connectivity index (χ3n) is 3.72. The predicted octanol–water partition coefficient (Wildman–Crippen LogP) is 2.67. The maximum atomic E-state index is 12.5. The highest BCUT2D eigenvalue weighted by Gasteiger charge is 2.30. The number of nitrogens with zero attached hydrogens (tertiary/aromatic N) is 1. The fourth-order valence-electron chi connectivity index (χ4n) is 2.68. The van der Waals surface area contributed by atoms with E-state index in [0.29, 0.717) is 11.9 Å². The van der Waals surface area contributed by atoms with Gasteiger partial charge in [0.25, 0.3) is 0 Å². The summed E-state index contributed by atoms with van der Waals surface area (Å²) < 4.78 is 0. The van der Waals surface area contributed by atoms with E-state index in [1.165, 1.54) is 4.88 Å². The molecule has 1 aliphatic rings. The van der Waals surface area contributed by atoms with Crippen LogP contribution < -0.4 is 5.32 Å². The van der Waals surface area contributed by atoms with Gasteiger partial charge in [-0.25, -0.2) is 0 Å². The van der Waals surface area contributed by atoms with Gasteiger partial charge in [-0.15, -0.1) is 11.3 Å². The van der Waals surface area contributed by atoms with Crippen molar-refractivity contribution in [1.29, 1.82) is 0 Å². The van der Waals surface area contributed by atoms with Crippen molar-refractivity contribution in [2.75, 3.05) is 13.1 Å². The van der Waals surface area contributed by atoms with Crippen molar-refractivity contribution in [2.24, 2.45) is 0 Å². The standard InChI is InChI=1S/C15H24N2OS/c1-3-8-16-14-7-4-9-17(15(14)18)12(2)11-13-6-5-10-19-13/h5-6,10,12,14,16H,3-4,7-9,11H2,1-2H3. The molecule has 2 heterocycles. The van der Waals surface area contributed by atoms with Crippen molar-refractivity contribution in [3.8, 4) is 0 Å². The van der Waals surface area contributed by atoms with E-state index in [1.807, 2.05) is 0 Å². The minimum absolute atomic E-state index is 0.0412. The maximum absolute atomic E-state index is 12.5. The van der Waals surface area contributed by atoms with Crippen LogP contribution in [0.5, 0.6) is 0 Å². The van der Waals surface area contributed by atoms with Crippen LogP contribution in [0.4, 0.5) is 0 Å². The quantitative estimate of drug-likeness (QED) is 0.869. The molecule has 1 aliphatic heterocycles. The van der Waals surface area contributed by atoms with Gasteiger partial charge >= 0.3 is 0 Å². The molecular formula is C15H24N2OS. The van der Waals surface area contributed by atoms with Crippen molar-refractivity contribution < 1.29 is 4.79 Å². The molecule has 19 heavy (non-hydrogen) atoms. The molecule has 2 rings (SSSR count). The highest BCUT2D eigenvalue weighted by molar-refractivity contribution is 7.09. The van der Waals surface area contributed by atoms with E-state index in [-0.39, 0.29) is 6.04 Å². The van der Waals surface area contributed by atoms with Gasteiger partial charge in [-0.1, -0.05) is 13.0 Å². The molecule has 0 saturated carbocycles. The number of amides is 1. The van der Waals surface area contributed by atoms with Gasteiger partial charge in [0, 0.05) is 23.9 Å². The van der Waals surface area contributed by atoms with E-state index in [1.54, 1.807) is 11.3 Å². The smallest absolute Gasteiger partial charge is 0.239 e. The molecule has 1 fully saturated rings. The van der Waals surface area contributed by atoms with Gasteiger partial charge < -0.3 is 10.2 Å². The number of thiophene rings is 1. The molecule has 106 valence electrons. The lowest BCUT2D eigenvalue weighted by Gasteiger charge is -2.36. The average Bonchev–Trinajstić information content (AvgIpc) is 2.90. The molecule has 0 aromatic carbocycles. The number of carbonyl (C=O) groups excluding carboxylic acids is 1. The molecular weight excluding hydrogens is 256 g/mol. The Morgan fingerprint density at radius 3 is 3.11 bits per heavy atom. The summed E-state index contributed by atoms with van der Waals surface area (Å²) in [4.78, 5) is 15.9. The van der Waals surface area contributed by atoms with Gasteiger partial charge in [-0.05, 0) is 44.2 Å². The van der Waals surface area contributed by atoms with E-state index in [9.17, 15) is 4.79 Å². The second-order valence-electron chi connectivity index (χ2n) is 5.31. The van der Waals surface area contributed by atoms with Crippen molar-refractivity contribution >= 4 is 17.2 Å². The molecule has 1 aromatic heterocycles. The van der Waals surface area contributed by atoms with Crippen LogP contribution in [0.25, 0.3) is 0 Å². The molecule has 0 bridgehead atoms. The zero-order valence-corrected chi connectivity index (χ0v) is 12.7. The van der Waals surface area contributed by atoms with Crippen LogP contribution in [0.15, 0.2) is 17.5 Å². The summed E-state index contributed by atoms with van der Waals surface area (Å²) in [7, 11) is 0. The number of piperidine rings is 1. The van der Waals surface area contributed by atoms with Crippen molar-refractivity contribution in [1.82, 2.24) is 10.2 Å². The minimum atomic E-state index is 0.0412. The maximum Gasteiger partial charge on any atom is 0.239 e. The van der Waals surface area contributed by atoms with Crippen LogP contribution >= 0.6 is 11.3 Å². The predicted molar refractivity (Wildman–Crippen MR) is 80.5 cm³/mol. The molecule has 2 unspecified atom stereocenters. The number of hydrogen-bond donors (Lipinski definition) is 1. The molecule has 0 spiro atoms. The second-order valence-corrected chi connectivity index (χ2v) is 6.35. The Labute approximate surface area is 120 Å². The first kappa shape index (κ1) is 14.5. The summed E-state index contributed by atoms with van der Waals surface area (Å²) in [5.41, 5.74) is 0. The molecule has 3 nitrogen and oxygen atoms in total. The van der Waals surface area contributed by atoms with Crippen LogP contribution in [0, 0.1) is 0 Å². The van der Waals surface area contributed by atoms with Gasteiger partial charge in [-0.3, -0.25) is 4.79 Å². The van der Waals surface area contributed by atoms with Gasteiger partial charge in [-0.2, -0.15) is 0 Å². The van der Waals surface area contributed by atoms with E-state index in [4.69, 9.17) is 0 Å². The van der Waals surface area contributed by atoms with E-state index in [2.05, 4.69) is 41.6 Å². The Kier molecular flexibility index (Phi) is 5.40. The Bertz CT molecular complexity index is 391. The van der Waals surface area contributed by atoms with Crippen LogP contribution in [0.3, 0.4) is 0 Å². The molecule has 1 aromatic rings. The summed E-state index contributed by atoms with van der Waals surface area (Å²) >= 11 is 1.78. The Balaban J connectivity index is 1.92. The Hall–Kier alpha value is -0.870. The number of carbonyl (C=O) groups is 1. The SMILES string of the molecule is CCCNC1CCCN(C(C)Cc2cccs2)C1=O. The lowest BCUT2D eigenvalue weighted by atomic mass is 10.0. The molecule has 0 radical (unpaired) electrons. The largest absolute Gasteiger partial charge is 0.338 e. The second kappa shape index (κ2) is 7.06. The van der Waals surface area contributed by atoms with Crippen molar-refractivity contribution in [3.05, 3.63) is 22.4 Å². The lowest BCUT2D eigenvalue weighted by Crippen LogP contribution is -2.54. The molecule has 1 saturated heterocycles. The third kappa shape index (κ3) is 3.80. The topological polar surface area (TPSA) is 32.3 Å². The van der Waals surface area contributed by atoms with Gasteiger partial charge in [0.2, 0.25) is 5.91 Å². The Morgan fingerprint density at radius 2 is 2.42 bits per heavy atom. The molecule has 0 aliphatic carbocycles. The fourth-order valence-corrected chi connectivity index (χ4v) is 3.50. The molecule has 1 amide bonds. The first-order valence-electron chi connectivity index (χ1n) is 7.28. The zero-order chi connectivity index (χ0) is 13.7. The fraction of sp³-hybridized carbons (Fsp3) is 0.667. The van der Waals surface area contributed by atoms with Gasteiger partial charge in [0.05, 0.1) is 6.04 Å². The van der Waals surface area contributed by atoms with Crippen LogP contribution in [0.2, 0.25) is 0 Å². The van der Waals surface area contributed by atoms with Crippen molar-refractivity contribution in [3.63, 3.8) is 0 Å². The summed E-state index contributed by atoms with van der Waals surface area (Å²) in [5.74, 6) is 0.295. The molecule has 2 atom stereocenters. The van der Waals surface area contributed by atoms with Crippen LogP contribution in [0.1, 0.15) is 38.0 Å². The Morgan fingerprint density at radius 1 is 1.58 bits per heavy atom. The number of nitrogens with one attached hydrogen (secondary N) is 1. The monoisotopic (exact) mass is 280 g/mol. The molecule has 1 N–H and O–H groups in total. The van der Waals surface area contributed by atoms with E-state index in [0.717, 1.165) is 38.8 Å². The summed E-state index contributed by atoms with van der Waals surface area (Å²) in [6.45, 7) is 6.15. The highest BCUT2D eigenvalue weighted by Crippen LogP contribution is 2.19. The summed E-state index contributed by atoms with van der Waals surface area (Å²) in [5, 5.41) is 5.48. The first-order valence-corrected chi connectivity index (χ1v) is 8.16. The average molecular weight is 280 g/mol. The number of likely N-dealkylation sites (tertiary alicyclic amines) is 1. The minimum Gasteiger partial charge on any atom is -0.338 e. The normalized spacial score (nSPS) is 21.7. The van der Waals surface area contributed by atoms with E-state index >= 15 is 0 Å². The number of hydrogen-bond acceptors (Lipinski definition) is 3. The highest BCUT2D eigenvalue weighted by atomic mass is 32.1.